The molecule has 5 rings (SSSR count). The Balaban J connectivity index is 1.87. The molecule has 2 unspecified atom stereocenters. The first-order chi connectivity index (χ1) is 7.70. The van der Waals surface area contributed by atoms with Gasteiger partial charge in [-0.25, -0.2) is 0 Å². The number of rotatable bonds is 0. The third kappa shape index (κ3) is 0.721. The van der Waals surface area contributed by atoms with Crippen molar-refractivity contribution in [3.63, 3.8) is 0 Å². The first-order valence-electron chi connectivity index (χ1n) is 5.88. The largest absolute Gasteiger partial charge is 0.285 e. The molecule has 1 aliphatic heterocycles. The molecule has 0 spiro atoms. The quantitative estimate of drug-likeness (QED) is 0.443. The molecule has 16 heavy (non-hydrogen) atoms. The van der Waals surface area contributed by atoms with Crippen molar-refractivity contribution in [2.75, 3.05) is 7.05 Å². The molecule has 3 nitrogen and oxygen atoms in total. The highest BCUT2D eigenvalue weighted by atomic mass is 16.2. The number of allylic oxidation sites excluding steroid dienone is 4. The third-order valence-electron chi connectivity index (χ3n) is 4.89. The Morgan fingerprint density at radius 2 is 1.19 bits per heavy atom. The van der Waals surface area contributed by atoms with Crippen LogP contribution >= 0.6 is 0 Å². The molecule has 1 saturated carbocycles. The van der Waals surface area contributed by atoms with Crippen molar-refractivity contribution in [2.45, 2.75) is 0 Å². The molecular weight excluding hydrogens is 202 g/mol. The molecule has 4 aliphatic carbocycles. The molecule has 2 amide bonds. The lowest BCUT2D eigenvalue weighted by Gasteiger charge is -2.51. The molecule has 3 heteroatoms. The average Bonchev–Trinajstić information content (AvgIpc) is 2.45. The van der Waals surface area contributed by atoms with E-state index in [-0.39, 0.29) is 35.5 Å². The summed E-state index contributed by atoms with van der Waals surface area (Å²) in [6.07, 6.45) is 8.75. The standard InChI is InChI=1S/C13H13NO2/c1-14-12(15)10-8-4-5-9(11(10)13(14)16)7-3-2-6(7)8/h2-11H,1H3/t6-,7+,8?,9?,10-,11+. The van der Waals surface area contributed by atoms with E-state index in [1.54, 1.807) is 7.05 Å². The summed E-state index contributed by atoms with van der Waals surface area (Å²) in [4.78, 5) is 25.5. The lowest BCUT2D eigenvalue weighted by Crippen LogP contribution is -2.50. The van der Waals surface area contributed by atoms with E-state index in [0.717, 1.165) is 0 Å². The normalized spacial score (nSPS) is 51.7. The van der Waals surface area contributed by atoms with E-state index in [9.17, 15) is 9.59 Å². The van der Waals surface area contributed by atoms with Crippen LogP contribution in [0.2, 0.25) is 0 Å². The number of carbonyl (C=O) groups is 2. The van der Waals surface area contributed by atoms with Crippen LogP contribution in [0.15, 0.2) is 24.3 Å². The van der Waals surface area contributed by atoms with E-state index < -0.39 is 0 Å². The monoisotopic (exact) mass is 215 g/mol. The first-order valence-corrected chi connectivity index (χ1v) is 5.88. The lowest BCUT2D eigenvalue weighted by molar-refractivity contribution is -0.138. The van der Waals surface area contributed by atoms with E-state index in [4.69, 9.17) is 0 Å². The van der Waals surface area contributed by atoms with Crippen LogP contribution in [0.3, 0.4) is 0 Å². The van der Waals surface area contributed by atoms with Gasteiger partial charge in [0.05, 0.1) is 11.8 Å². The highest BCUT2D eigenvalue weighted by molar-refractivity contribution is 6.05. The molecule has 0 radical (unpaired) electrons. The first kappa shape index (κ1) is 8.74. The minimum absolute atomic E-state index is 0.0353. The van der Waals surface area contributed by atoms with Gasteiger partial charge < -0.3 is 0 Å². The maximum Gasteiger partial charge on any atom is 0.233 e. The summed E-state index contributed by atoms with van der Waals surface area (Å²) >= 11 is 0. The predicted octanol–water partition coefficient (Wildman–Crippen LogP) is 0.835. The molecular formula is C13H13NO2. The van der Waals surface area contributed by atoms with Crippen molar-refractivity contribution < 1.29 is 9.59 Å². The summed E-state index contributed by atoms with van der Waals surface area (Å²) in [5.74, 6) is 1.50. The van der Waals surface area contributed by atoms with Gasteiger partial charge >= 0.3 is 0 Å². The maximum atomic E-state index is 12.1. The Bertz CT molecular complexity index is 425. The average molecular weight is 215 g/mol. The van der Waals surface area contributed by atoms with Gasteiger partial charge in [0.2, 0.25) is 11.8 Å². The molecule has 0 aromatic carbocycles. The molecule has 0 N–H and O–H groups in total. The van der Waals surface area contributed by atoms with Gasteiger partial charge in [0.1, 0.15) is 0 Å². The summed E-state index contributed by atoms with van der Waals surface area (Å²) in [5.41, 5.74) is 0. The third-order valence-corrected chi connectivity index (χ3v) is 4.89. The van der Waals surface area contributed by atoms with Crippen molar-refractivity contribution in [1.82, 2.24) is 4.90 Å². The van der Waals surface area contributed by atoms with Crippen molar-refractivity contribution >= 4 is 11.8 Å². The molecule has 2 bridgehead atoms. The topological polar surface area (TPSA) is 37.4 Å². The van der Waals surface area contributed by atoms with Crippen LogP contribution in [0, 0.1) is 35.5 Å². The number of likely N-dealkylation sites (tertiary alicyclic amines) is 1. The number of imide groups is 1. The fourth-order valence-electron chi connectivity index (χ4n) is 4.04. The Hall–Kier alpha value is -1.38. The van der Waals surface area contributed by atoms with Gasteiger partial charge in [0, 0.05) is 7.05 Å². The van der Waals surface area contributed by atoms with Gasteiger partial charge in [-0.15, -0.1) is 0 Å². The highest BCUT2D eigenvalue weighted by Gasteiger charge is 2.61. The van der Waals surface area contributed by atoms with Crippen molar-refractivity contribution in [3.05, 3.63) is 24.3 Å². The Kier molecular flexibility index (Phi) is 1.35. The van der Waals surface area contributed by atoms with E-state index in [0.29, 0.717) is 11.8 Å². The van der Waals surface area contributed by atoms with Gasteiger partial charge in [0.15, 0.2) is 0 Å². The summed E-state index contributed by atoms with van der Waals surface area (Å²) in [7, 11) is 1.62. The van der Waals surface area contributed by atoms with Crippen LogP contribution in [-0.4, -0.2) is 23.8 Å². The van der Waals surface area contributed by atoms with Crippen LogP contribution in [0.5, 0.6) is 0 Å². The van der Waals surface area contributed by atoms with E-state index in [1.165, 1.54) is 4.90 Å². The van der Waals surface area contributed by atoms with E-state index in [2.05, 4.69) is 24.3 Å². The van der Waals surface area contributed by atoms with Crippen LogP contribution in [0.25, 0.3) is 0 Å². The Labute approximate surface area is 93.8 Å². The zero-order chi connectivity index (χ0) is 11.0. The highest BCUT2D eigenvalue weighted by Crippen LogP contribution is 2.58. The minimum Gasteiger partial charge on any atom is -0.285 e. The minimum atomic E-state index is -0.0706. The van der Waals surface area contributed by atoms with Crippen LogP contribution < -0.4 is 0 Å². The van der Waals surface area contributed by atoms with Crippen molar-refractivity contribution in [1.29, 1.82) is 0 Å². The fraction of sp³-hybridized carbons (Fsp3) is 0.538. The molecule has 2 fully saturated rings. The second-order valence-corrected chi connectivity index (χ2v) is 5.37. The smallest absolute Gasteiger partial charge is 0.233 e. The molecule has 1 heterocycles. The van der Waals surface area contributed by atoms with Crippen molar-refractivity contribution in [3.8, 4) is 0 Å². The van der Waals surface area contributed by atoms with Gasteiger partial charge in [-0.2, -0.15) is 0 Å². The molecule has 1 saturated heterocycles. The summed E-state index contributed by atoms with van der Waals surface area (Å²) < 4.78 is 0. The second-order valence-electron chi connectivity index (χ2n) is 5.37. The van der Waals surface area contributed by atoms with Crippen molar-refractivity contribution in [2.24, 2.45) is 35.5 Å². The zero-order valence-corrected chi connectivity index (χ0v) is 9.04. The second kappa shape index (κ2) is 2.47. The van der Waals surface area contributed by atoms with Crippen LogP contribution in [-0.2, 0) is 9.59 Å². The number of nitrogens with zero attached hydrogens (tertiary/aromatic N) is 1. The number of amides is 2. The zero-order valence-electron chi connectivity index (χ0n) is 9.04. The van der Waals surface area contributed by atoms with Gasteiger partial charge in [0.25, 0.3) is 0 Å². The molecule has 6 atom stereocenters. The van der Waals surface area contributed by atoms with Crippen LogP contribution in [0.1, 0.15) is 0 Å². The lowest BCUT2D eigenvalue weighted by atomic mass is 9.50. The van der Waals surface area contributed by atoms with E-state index in [1.807, 2.05) is 0 Å². The fourth-order valence-corrected chi connectivity index (χ4v) is 4.04. The molecule has 5 aliphatic rings. The maximum absolute atomic E-state index is 12.1. The van der Waals surface area contributed by atoms with Gasteiger partial charge in [-0.1, -0.05) is 24.3 Å². The number of carbonyl (C=O) groups excluding carboxylic acids is 2. The predicted molar refractivity (Wildman–Crippen MR) is 57.0 cm³/mol. The Morgan fingerprint density at radius 1 is 0.812 bits per heavy atom. The van der Waals surface area contributed by atoms with Gasteiger partial charge in [-0.05, 0) is 23.7 Å². The molecule has 0 aromatic heterocycles. The SMILES string of the molecule is CN1C(=O)[C@@H]2C3C=CC([C@H]4C=C[C@@H]34)[C@@H]2C1=O. The number of hydrogen-bond acceptors (Lipinski definition) is 2. The van der Waals surface area contributed by atoms with Gasteiger partial charge in [-0.3, -0.25) is 14.5 Å². The Morgan fingerprint density at radius 3 is 1.56 bits per heavy atom. The van der Waals surface area contributed by atoms with Crippen LogP contribution in [0.4, 0.5) is 0 Å². The molecule has 82 valence electrons. The summed E-state index contributed by atoms with van der Waals surface area (Å²) in [5, 5.41) is 0. The number of hydrogen-bond donors (Lipinski definition) is 0. The molecule has 0 aromatic rings. The summed E-state index contributed by atoms with van der Waals surface area (Å²) in [6, 6.07) is 0. The van der Waals surface area contributed by atoms with E-state index >= 15 is 0 Å². The summed E-state index contributed by atoms with van der Waals surface area (Å²) in [6.45, 7) is 0.